The molecule has 0 bridgehead atoms. The molecule has 2 aliphatic heterocycles. The van der Waals surface area contributed by atoms with Crippen LogP contribution in [-0.2, 0) is 9.53 Å². The molecule has 4 rings (SSSR count). The molecule has 2 aromatic rings. The Kier molecular flexibility index (Phi) is 4.24. The van der Waals surface area contributed by atoms with Gasteiger partial charge in [0, 0.05) is 17.5 Å². The number of benzene rings is 1. The Labute approximate surface area is 148 Å². The van der Waals surface area contributed by atoms with Gasteiger partial charge in [0.1, 0.15) is 17.6 Å². The number of rotatable bonds is 3. The summed E-state index contributed by atoms with van der Waals surface area (Å²) in [4.78, 5) is 12.9. The first-order chi connectivity index (χ1) is 11.7. The highest BCUT2D eigenvalue weighted by Gasteiger charge is 2.38. The van der Waals surface area contributed by atoms with Crippen molar-refractivity contribution < 1.29 is 13.9 Å². The van der Waals surface area contributed by atoms with Crippen molar-refractivity contribution in [3.8, 4) is 0 Å². The molecule has 1 aromatic carbocycles. The van der Waals surface area contributed by atoms with Gasteiger partial charge in [0.05, 0.1) is 12.3 Å². The third kappa shape index (κ3) is 2.91. The molecule has 5 nitrogen and oxygen atoms in total. The highest BCUT2D eigenvalue weighted by molar-refractivity contribution is 9.10. The van der Waals surface area contributed by atoms with Crippen LogP contribution in [0.4, 0.5) is 0 Å². The number of halogens is 1. The highest BCUT2D eigenvalue weighted by atomic mass is 79.9. The summed E-state index contributed by atoms with van der Waals surface area (Å²) in [6.07, 6.45) is 3.54. The van der Waals surface area contributed by atoms with Crippen LogP contribution in [0.1, 0.15) is 36.6 Å². The van der Waals surface area contributed by atoms with Crippen LogP contribution in [0.15, 0.2) is 56.7 Å². The molecule has 0 N–H and O–H groups in total. The van der Waals surface area contributed by atoms with Crippen molar-refractivity contribution in [2.45, 2.75) is 31.4 Å². The summed E-state index contributed by atoms with van der Waals surface area (Å²) >= 11 is 3.45. The van der Waals surface area contributed by atoms with Crippen LogP contribution < -0.4 is 0 Å². The summed E-state index contributed by atoms with van der Waals surface area (Å²) in [5, 5.41) is 6.15. The average molecular weight is 389 g/mol. The molecule has 124 valence electrons. The molecule has 0 radical (unpaired) electrons. The smallest absolute Gasteiger partial charge is 0.272 e. The Bertz CT molecular complexity index is 749. The minimum atomic E-state index is -0.386. The summed E-state index contributed by atoms with van der Waals surface area (Å²) in [5.41, 5.74) is 1.84. The highest BCUT2D eigenvalue weighted by Crippen LogP contribution is 2.35. The van der Waals surface area contributed by atoms with Crippen molar-refractivity contribution in [1.29, 1.82) is 0 Å². The number of nitrogens with zero attached hydrogens (tertiary/aromatic N) is 2. The lowest BCUT2D eigenvalue weighted by Crippen LogP contribution is -2.35. The SMILES string of the molecule is O=C([C@H]1CCCO1)N1N=C(c2ccco2)C[C@@H]1c1ccc(Br)cc1. The molecule has 0 spiro atoms. The summed E-state index contributed by atoms with van der Waals surface area (Å²) in [7, 11) is 0. The molecule has 0 unspecified atom stereocenters. The molecule has 3 heterocycles. The van der Waals surface area contributed by atoms with Gasteiger partial charge in [-0.05, 0) is 42.7 Å². The number of hydrogen-bond donors (Lipinski definition) is 0. The number of hydrogen-bond acceptors (Lipinski definition) is 4. The number of amides is 1. The average Bonchev–Trinajstić information content (AvgIpc) is 3.34. The van der Waals surface area contributed by atoms with Crippen molar-refractivity contribution in [2.75, 3.05) is 6.61 Å². The van der Waals surface area contributed by atoms with Gasteiger partial charge in [-0.3, -0.25) is 4.79 Å². The topological polar surface area (TPSA) is 55.0 Å². The summed E-state index contributed by atoms with van der Waals surface area (Å²) in [6, 6.07) is 11.6. The van der Waals surface area contributed by atoms with Crippen molar-refractivity contribution in [3.05, 3.63) is 58.5 Å². The van der Waals surface area contributed by atoms with E-state index in [9.17, 15) is 4.79 Å². The van der Waals surface area contributed by atoms with Gasteiger partial charge in [-0.25, -0.2) is 5.01 Å². The van der Waals surface area contributed by atoms with Gasteiger partial charge < -0.3 is 9.15 Å². The first-order valence-corrected chi connectivity index (χ1v) is 8.83. The molecule has 2 aliphatic rings. The Hall–Kier alpha value is -1.92. The Morgan fingerprint density at radius 2 is 2.08 bits per heavy atom. The van der Waals surface area contributed by atoms with Gasteiger partial charge in [-0.2, -0.15) is 5.10 Å². The number of ether oxygens (including phenoxy) is 1. The van der Waals surface area contributed by atoms with Crippen LogP contribution in [-0.4, -0.2) is 29.3 Å². The van der Waals surface area contributed by atoms with Crippen LogP contribution in [0.25, 0.3) is 0 Å². The van der Waals surface area contributed by atoms with E-state index in [0.29, 0.717) is 18.8 Å². The van der Waals surface area contributed by atoms with E-state index in [-0.39, 0.29) is 18.1 Å². The molecular formula is C18H17BrN2O3. The minimum Gasteiger partial charge on any atom is -0.463 e. The van der Waals surface area contributed by atoms with Gasteiger partial charge in [0.2, 0.25) is 0 Å². The van der Waals surface area contributed by atoms with Gasteiger partial charge in [0.15, 0.2) is 0 Å². The van der Waals surface area contributed by atoms with Crippen LogP contribution >= 0.6 is 15.9 Å². The Balaban J connectivity index is 1.66. The van der Waals surface area contributed by atoms with E-state index in [1.807, 2.05) is 36.4 Å². The Morgan fingerprint density at radius 3 is 2.75 bits per heavy atom. The fourth-order valence-corrected chi connectivity index (χ4v) is 3.43. The lowest BCUT2D eigenvalue weighted by molar-refractivity contribution is -0.142. The molecule has 1 amide bonds. The molecule has 2 atom stereocenters. The normalized spacial score (nSPS) is 23.5. The van der Waals surface area contributed by atoms with Crippen molar-refractivity contribution in [1.82, 2.24) is 5.01 Å². The van der Waals surface area contributed by atoms with E-state index in [2.05, 4.69) is 21.0 Å². The van der Waals surface area contributed by atoms with E-state index in [0.717, 1.165) is 28.6 Å². The molecule has 0 saturated carbocycles. The first kappa shape index (κ1) is 15.6. The summed E-state index contributed by atoms with van der Waals surface area (Å²) in [6.45, 7) is 0.641. The maximum absolute atomic E-state index is 12.9. The number of carbonyl (C=O) groups is 1. The van der Waals surface area contributed by atoms with Crippen molar-refractivity contribution in [2.24, 2.45) is 5.10 Å². The lowest BCUT2D eigenvalue weighted by atomic mass is 10.0. The molecule has 1 fully saturated rings. The fourth-order valence-electron chi connectivity index (χ4n) is 3.17. The number of carbonyl (C=O) groups excluding carboxylic acids is 1. The molecule has 6 heteroatoms. The maximum atomic E-state index is 12.9. The molecule has 0 aliphatic carbocycles. The first-order valence-electron chi connectivity index (χ1n) is 8.04. The predicted octanol–water partition coefficient (Wildman–Crippen LogP) is 3.90. The number of furan rings is 1. The zero-order valence-electron chi connectivity index (χ0n) is 13.0. The second-order valence-corrected chi connectivity index (χ2v) is 6.90. The van der Waals surface area contributed by atoms with Crippen molar-refractivity contribution in [3.63, 3.8) is 0 Å². The second kappa shape index (κ2) is 6.53. The van der Waals surface area contributed by atoms with Crippen LogP contribution in [0.3, 0.4) is 0 Å². The largest absolute Gasteiger partial charge is 0.463 e. The summed E-state index contributed by atoms with van der Waals surface area (Å²) in [5.74, 6) is 0.640. The molecule has 1 aromatic heterocycles. The van der Waals surface area contributed by atoms with E-state index in [4.69, 9.17) is 9.15 Å². The van der Waals surface area contributed by atoms with E-state index < -0.39 is 0 Å². The predicted molar refractivity (Wildman–Crippen MR) is 92.6 cm³/mol. The monoisotopic (exact) mass is 388 g/mol. The molecule has 1 saturated heterocycles. The van der Waals surface area contributed by atoms with E-state index in [1.165, 1.54) is 0 Å². The maximum Gasteiger partial charge on any atom is 0.272 e. The fraction of sp³-hybridized carbons (Fsp3) is 0.333. The van der Waals surface area contributed by atoms with Crippen LogP contribution in [0.2, 0.25) is 0 Å². The molecule has 24 heavy (non-hydrogen) atoms. The zero-order valence-corrected chi connectivity index (χ0v) is 14.6. The second-order valence-electron chi connectivity index (χ2n) is 5.98. The third-order valence-corrected chi connectivity index (χ3v) is 4.93. The minimum absolute atomic E-state index is 0.0676. The van der Waals surface area contributed by atoms with Crippen molar-refractivity contribution >= 4 is 27.5 Å². The van der Waals surface area contributed by atoms with Crippen LogP contribution in [0, 0.1) is 0 Å². The van der Waals surface area contributed by atoms with E-state index >= 15 is 0 Å². The Morgan fingerprint density at radius 1 is 1.25 bits per heavy atom. The zero-order chi connectivity index (χ0) is 16.5. The number of hydrazone groups is 1. The third-order valence-electron chi connectivity index (χ3n) is 4.40. The van der Waals surface area contributed by atoms with Gasteiger partial charge in [-0.15, -0.1) is 0 Å². The van der Waals surface area contributed by atoms with E-state index in [1.54, 1.807) is 11.3 Å². The standard InChI is InChI=1S/C18H17BrN2O3/c19-13-7-5-12(6-8-13)15-11-14(16-3-1-9-23-16)20-21(15)18(22)17-4-2-10-24-17/h1,3,5-9,15,17H,2,4,10-11H2/t15-,17-/m1/s1. The van der Waals surface area contributed by atoms with Gasteiger partial charge >= 0.3 is 0 Å². The van der Waals surface area contributed by atoms with Gasteiger partial charge in [0.25, 0.3) is 5.91 Å². The quantitative estimate of drug-likeness (QED) is 0.800. The van der Waals surface area contributed by atoms with Gasteiger partial charge in [-0.1, -0.05) is 28.1 Å². The lowest BCUT2D eigenvalue weighted by Gasteiger charge is -2.24. The molecular weight excluding hydrogens is 372 g/mol. The van der Waals surface area contributed by atoms with Crippen LogP contribution in [0.5, 0.6) is 0 Å². The summed E-state index contributed by atoms with van der Waals surface area (Å²) < 4.78 is 12.0.